The van der Waals surface area contributed by atoms with Gasteiger partial charge in [0.25, 0.3) is 0 Å². The Kier molecular flexibility index (Phi) is 6.08. The van der Waals surface area contributed by atoms with Crippen molar-refractivity contribution < 1.29 is 4.42 Å². The van der Waals surface area contributed by atoms with Crippen LogP contribution in [0.2, 0.25) is 0 Å². The summed E-state index contributed by atoms with van der Waals surface area (Å²) in [4.78, 5) is 0. The van der Waals surface area contributed by atoms with E-state index >= 15 is 0 Å². The van der Waals surface area contributed by atoms with Crippen LogP contribution in [0.25, 0.3) is 77.7 Å². The molecule has 0 aliphatic heterocycles. The number of fused-ring (bicyclic) bond motifs is 3. The number of nitrogens with zero attached hydrogens (tertiary/aromatic N) is 3. The van der Waals surface area contributed by atoms with Crippen molar-refractivity contribution in [2.45, 2.75) is 0 Å². The van der Waals surface area contributed by atoms with Crippen LogP contribution in [0.3, 0.4) is 0 Å². The molecule has 4 nitrogen and oxygen atoms in total. The number of aromatic nitrogens is 3. The highest BCUT2D eigenvalue weighted by molar-refractivity contribution is 6.20. The molecule has 0 aliphatic carbocycles. The summed E-state index contributed by atoms with van der Waals surface area (Å²) in [7, 11) is 0. The van der Waals surface area contributed by atoms with Crippen molar-refractivity contribution in [1.82, 2.24) is 15.4 Å². The number of benzene rings is 6. The standard InChI is InChI=1S/C39H25N3O/c1-3-13-26(14-4-1)28-17-7-9-19-30(28)37-33(27-15-5-2-6-16-27)25-36-38(32-21-11-12-22-35(32)43-36)39(37)31-20-10-8-18-29(31)34-23-24-40-42-41-34/h1-25H. The summed E-state index contributed by atoms with van der Waals surface area (Å²) in [6, 6.07) is 50.7. The number of hydrogen-bond donors (Lipinski definition) is 0. The Morgan fingerprint density at radius 3 is 1.72 bits per heavy atom. The topological polar surface area (TPSA) is 51.8 Å². The zero-order chi connectivity index (χ0) is 28.6. The van der Waals surface area contributed by atoms with Crippen molar-refractivity contribution in [3.8, 4) is 55.8 Å². The Morgan fingerprint density at radius 2 is 1.02 bits per heavy atom. The molecule has 0 fully saturated rings. The summed E-state index contributed by atoms with van der Waals surface area (Å²) >= 11 is 0. The first kappa shape index (κ1) is 24.9. The maximum absolute atomic E-state index is 6.59. The van der Waals surface area contributed by atoms with Gasteiger partial charge in [0.2, 0.25) is 0 Å². The molecule has 4 heteroatoms. The van der Waals surface area contributed by atoms with Crippen LogP contribution < -0.4 is 0 Å². The predicted molar refractivity (Wildman–Crippen MR) is 174 cm³/mol. The number of hydrogen-bond acceptors (Lipinski definition) is 4. The van der Waals surface area contributed by atoms with Crippen molar-refractivity contribution in [3.05, 3.63) is 152 Å². The molecule has 6 aromatic carbocycles. The van der Waals surface area contributed by atoms with Crippen LogP contribution in [0.5, 0.6) is 0 Å². The number of furan rings is 1. The van der Waals surface area contributed by atoms with E-state index in [9.17, 15) is 0 Å². The Labute approximate surface area is 248 Å². The van der Waals surface area contributed by atoms with Gasteiger partial charge >= 0.3 is 0 Å². The van der Waals surface area contributed by atoms with Crippen LogP contribution in [0.4, 0.5) is 0 Å². The van der Waals surface area contributed by atoms with Crippen LogP contribution >= 0.6 is 0 Å². The lowest BCUT2D eigenvalue weighted by Crippen LogP contribution is -1.97. The zero-order valence-electron chi connectivity index (χ0n) is 23.2. The fraction of sp³-hybridized carbons (Fsp3) is 0. The molecule has 0 bridgehead atoms. The van der Waals surface area contributed by atoms with Crippen molar-refractivity contribution in [1.29, 1.82) is 0 Å². The minimum Gasteiger partial charge on any atom is -0.456 e. The van der Waals surface area contributed by atoms with Crippen molar-refractivity contribution in [2.24, 2.45) is 0 Å². The van der Waals surface area contributed by atoms with E-state index in [1.165, 1.54) is 0 Å². The fourth-order valence-electron chi connectivity index (χ4n) is 6.16. The van der Waals surface area contributed by atoms with Gasteiger partial charge in [-0.3, -0.25) is 0 Å². The van der Waals surface area contributed by atoms with Crippen molar-refractivity contribution in [2.75, 3.05) is 0 Å². The van der Waals surface area contributed by atoms with Crippen LogP contribution in [0.15, 0.2) is 156 Å². The molecule has 8 aromatic rings. The van der Waals surface area contributed by atoms with E-state index in [1.807, 2.05) is 24.3 Å². The molecule has 8 rings (SSSR count). The van der Waals surface area contributed by atoms with Crippen molar-refractivity contribution in [3.63, 3.8) is 0 Å². The minimum absolute atomic E-state index is 0.763. The zero-order valence-corrected chi connectivity index (χ0v) is 23.2. The van der Waals surface area contributed by atoms with Gasteiger partial charge in [0.15, 0.2) is 0 Å². The molecule has 2 heterocycles. The fourth-order valence-corrected chi connectivity index (χ4v) is 6.16. The molecule has 0 unspecified atom stereocenters. The van der Waals surface area contributed by atoms with Gasteiger partial charge in [0, 0.05) is 21.9 Å². The maximum Gasteiger partial charge on any atom is 0.136 e. The molecular weight excluding hydrogens is 526 g/mol. The quantitative estimate of drug-likeness (QED) is 0.214. The van der Waals surface area contributed by atoms with Gasteiger partial charge in [-0.1, -0.05) is 127 Å². The first-order chi connectivity index (χ1) is 21.4. The van der Waals surface area contributed by atoms with Gasteiger partial charge in [-0.15, -0.1) is 10.2 Å². The summed E-state index contributed by atoms with van der Waals surface area (Å²) in [5, 5.41) is 14.5. The average Bonchev–Trinajstić information content (AvgIpc) is 3.47. The SMILES string of the molecule is c1ccc(-c2ccccc2-c2c(-c3ccccc3)cc3oc4ccccc4c3c2-c2ccccc2-c2ccnnn2)cc1. The van der Waals surface area contributed by atoms with Gasteiger partial charge in [0.1, 0.15) is 11.2 Å². The lowest BCUT2D eigenvalue weighted by Gasteiger charge is -2.21. The summed E-state index contributed by atoms with van der Waals surface area (Å²) in [6.45, 7) is 0. The third-order valence-electron chi connectivity index (χ3n) is 8.01. The predicted octanol–water partition coefficient (Wildman–Crippen LogP) is 10.1. The van der Waals surface area contributed by atoms with Crippen LogP contribution in [-0.2, 0) is 0 Å². The molecular formula is C39H25N3O. The summed E-state index contributed by atoms with van der Waals surface area (Å²) < 4.78 is 6.59. The Hall–Kier alpha value is -5.87. The van der Waals surface area contributed by atoms with Crippen LogP contribution in [-0.4, -0.2) is 15.4 Å². The van der Waals surface area contributed by atoms with E-state index in [0.29, 0.717) is 0 Å². The van der Waals surface area contributed by atoms with E-state index < -0.39 is 0 Å². The van der Waals surface area contributed by atoms with Gasteiger partial charge < -0.3 is 4.42 Å². The number of rotatable bonds is 5. The largest absolute Gasteiger partial charge is 0.456 e. The van der Waals surface area contributed by atoms with E-state index in [1.54, 1.807) is 6.20 Å². The smallest absolute Gasteiger partial charge is 0.136 e. The lowest BCUT2D eigenvalue weighted by atomic mass is 9.81. The average molecular weight is 552 g/mol. The first-order valence-corrected chi connectivity index (χ1v) is 14.3. The van der Waals surface area contributed by atoms with E-state index in [0.717, 1.165) is 77.7 Å². The first-order valence-electron chi connectivity index (χ1n) is 14.3. The summed E-state index contributed by atoms with van der Waals surface area (Å²) in [6.07, 6.45) is 1.69. The Bertz CT molecular complexity index is 2220. The third kappa shape index (κ3) is 4.28. The number of para-hydroxylation sites is 1. The highest BCUT2D eigenvalue weighted by Gasteiger charge is 2.25. The second-order valence-corrected chi connectivity index (χ2v) is 10.5. The summed E-state index contributed by atoms with van der Waals surface area (Å²) in [5.74, 6) is 0. The highest BCUT2D eigenvalue weighted by atomic mass is 16.3. The third-order valence-corrected chi connectivity index (χ3v) is 8.01. The minimum atomic E-state index is 0.763. The van der Waals surface area contributed by atoms with E-state index in [-0.39, 0.29) is 0 Å². The molecule has 2 aromatic heterocycles. The molecule has 0 amide bonds. The molecule has 0 atom stereocenters. The second kappa shape index (κ2) is 10.5. The Morgan fingerprint density at radius 1 is 0.442 bits per heavy atom. The molecule has 0 spiro atoms. The maximum atomic E-state index is 6.59. The molecule has 43 heavy (non-hydrogen) atoms. The second-order valence-electron chi connectivity index (χ2n) is 10.5. The van der Waals surface area contributed by atoms with Crippen molar-refractivity contribution >= 4 is 21.9 Å². The summed E-state index contributed by atoms with van der Waals surface area (Å²) in [5.41, 5.74) is 12.4. The highest BCUT2D eigenvalue weighted by Crippen LogP contribution is 2.51. The van der Waals surface area contributed by atoms with Gasteiger partial charge in [-0.2, -0.15) is 0 Å². The lowest BCUT2D eigenvalue weighted by molar-refractivity contribution is 0.669. The van der Waals surface area contributed by atoms with Gasteiger partial charge in [-0.25, -0.2) is 0 Å². The monoisotopic (exact) mass is 551 g/mol. The molecule has 0 saturated heterocycles. The normalized spacial score (nSPS) is 11.3. The van der Waals surface area contributed by atoms with Crippen LogP contribution in [0, 0.1) is 0 Å². The van der Waals surface area contributed by atoms with Gasteiger partial charge in [0.05, 0.1) is 11.9 Å². The van der Waals surface area contributed by atoms with Gasteiger partial charge in [-0.05, 0) is 62.4 Å². The molecule has 0 N–H and O–H groups in total. The molecule has 0 saturated carbocycles. The van der Waals surface area contributed by atoms with Crippen LogP contribution in [0.1, 0.15) is 0 Å². The van der Waals surface area contributed by atoms with E-state index in [4.69, 9.17) is 4.42 Å². The van der Waals surface area contributed by atoms with E-state index in [2.05, 4.69) is 137 Å². The molecule has 0 aliphatic rings. The Balaban J connectivity index is 1.60. The molecule has 202 valence electrons. The molecule has 0 radical (unpaired) electrons.